The van der Waals surface area contributed by atoms with Crippen molar-refractivity contribution in [2.24, 2.45) is 0 Å². The first-order valence-electron chi connectivity index (χ1n) is 6.91. The van der Waals surface area contributed by atoms with Gasteiger partial charge in [0.15, 0.2) is 5.82 Å². The van der Waals surface area contributed by atoms with Crippen molar-refractivity contribution in [1.29, 1.82) is 0 Å². The summed E-state index contributed by atoms with van der Waals surface area (Å²) in [4.78, 5) is 12.8. The van der Waals surface area contributed by atoms with Gasteiger partial charge >= 0.3 is 0 Å². The summed E-state index contributed by atoms with van der Waals surface area (Å²) >= 11 is 6.13. The molecule has 5 heteroatoms. The second-order valence-corrected chi connectivity index (χ2v) is 5.47. The molecule has 0 unspecified atom stereocenters. The predicted molar refractivity (Wildman–Crippen MR) is 89.5 cm³/mol. The zero-order valence-corrected chi connectivity index (χ0v) is 13.1. The second kappa shape index (κ2) is 6.12. The van der Waals surface area contributed by atoms with E-state index in [0.29, 0.717) is 16.8 Å². The fourth-order valence-electron chi connectivity index (χ4n) is 2.12. The number of aromatic nitrogens is 3. The lowest BCUT2D eigenvalue weighted by Crippen LogP contribution is -1.99. The number of hydrogen-bond acceptors (Lipinski definition) is 4. The molecule has 0 radical (unpaired) electrons. The van der Waals surface area contributed by atoms with Gasteiger partial charge < -0.3 is 5.32 Å². The Bertz CT molecular complexity index is 803. The number of nitrogens with zero attached hydrogens (tertiary/aromatic N) is 3. The summed E-state index contributed by atoms with van der Waals surface area (Å²) in [6.45, 7) is 4.11. The Morgan fingerprint density at radius 3 is 2.50 bits per heavy atom. The summed E-state index contributed by atoms with van der Waals surface area (Å²) < 4.78 is 0. The van der Waals surface area contributed by atoms with Crippen LogP contribution in [-0.4, -0.2) is 15.0 Å². The maximum Gasteiger partial charge on any atom is 0.163 e. The van der Waals surface area contributed by atoms with E-state index < -0.39 is 0 Å². The molecule has 0 saturated heterocycles. The number of hydrogen-bond donors (Lipinski definition) is 1. The van der Waals surface area contributed by atoms with Gasteiger partial charge in [-0.25, -0.2) is 9.97 Å². The summed E-state index contributed by atoms with van der Waals surface area (Å²) in [6.07, 6.45) is 3.41. The molecule has 0 aliphatic carbocycles. The van der Waals surface area contributed by atoms with E-state index >= 15 is 0 Å². The minimum atomic E-state index is 0.398. The van der Waals surface area contributed by atoms with E-state index in [0.717, 1.165) is 16.8 Å². The van der Waals surface area contributed by atoms with Gasteiger partial charge in [0.1, 0.15) is 11.0 Å². The van der Waals surface area contributed by atoms with Crippen LogP contribution in [0.15, 0.2) is 48.8 Å². The van der Waals surface area contributed by atoms with Gasteiger partial charge in [-0.1, -0.05) is 23.7 Å². The summed E-state index contributed by atoms with van der Waals surface area (Å²) in [5, 5.41) is 3.71. The monoisotopic (exact) mass is 310 g/mol. The fraction of sp³-hybridized carbons (Fsp3) is 0.118. The van der Waals surface area contributed by atoms with E-state index in [9.17, 15) is 0 Å². The number of rotatable bonds is 3. The fourth-order valence-corrected chi connectivity index (χ4v) is 2.30. The lowest BCUT2D eigenvalue weighted by molar-refractivity contribution is 1.17. The van der Waals surface area contributed by atoms with Crippen LogP contribution in [0.4, 0.5) is 11.5 Å². The Morgan fingerprint density at radius 2 is 1.73 bits per heavy atom. The highest BCUT2D eigenvalue weighted by Crippen LogP contribution is 2.24. The Balaban J connectivity index is 1.98. The van der Waals surface area contributed by atoms with Crippen LogP contribution < -0.4 is 5.32 Å². The highest BCUT2D eigenvalue weighted by molar-refractivity contribution is 6.29. The van der Waals surface area contributed by atoms with Crippen molar-refractivity contribution in [3.63, 3.8) is 0 Å². The minimum Gasteiger partial charge on any atom is -0.340 e. The summed E-state index contributed by atoms with van der Waals surface area (Å²) in [6, 6.07) is 11.7. The van der Waals surface area contributed by atoms with Crippen molar-refractivity contribution < 1.29 is 0 Å². The van der Waals surface area contributed by atoms with Crippen molar-refractivity contribution in [2.75, 3.05) is 5.32 Å². The van der Waals surface area contributed by atoms with E-state index in [1.165, 1.54) is 5.56 Å². The van der Waals surface area contributed by atoms with Crippen LogP contribution >= 0.6 is 11.6 Å². The smallest absolute Gasteiger partial charge is 0.163 e. The van der Waals surface area contributed by atoms with Crippen molar-refractivity contribution in [2.45, 2.75) is 13.8 Å². The van der Waals surface area contributed by atoms with Gasteiger partial charge in [0, 0.05) is 29.7 Å². The quantitative estimate of drug-likeness (QED) is 0.721. The van der Waals surface area contributed by atoms with Crippen LogP contribution in [0.1, 0.15) is 11.1 Å². The molecule has 3 rings (SSSR count). The van der Waals surface area contributed by atoms with Crippen molar-refractivity contribution in [1.82, 2.24) is 15.0 Å². The van der Waals surface area contributed by atoms with Crippen molar-refractivity contribution in [3.8, 4) is 11.4 Å². The van der Waals surface area contributed by atoms with Crippen LogP contribution in [0.3, 0.4) is 0 Å². The third-order valence-electron chi connectivity index (χ3n) is 3.29. The number of halogens is 1. The highest BCUT2D eigenvalue weighted by Gasteiger charge is 2.07. The van der Waals surface area contributed by atoms with Gasteiger partial charge in [0.25, 0.3) is 0 Å². The third kappa shape index (κ3) is 3.23. The molecule has 3 aromatic rings. The number of anilines is 2. The lowest BCUT2D eigenvalue weighted by Gasteiger charge is -2.11. The van der Waals surface area contributed by atoms with E-state index in [1.807, 2.05) is 19.1 Å². The van der Waals surface area contributed by atoms with Gasteiger partial charge in [0.05, 0.1) is 0 Å². The molecular formula is C17H15ClN4. The molecule has 4 nitrogen and oxygen atoms in total. The lowest BCUT2D eigenvalue weighted by atomic mass is 10.1. The van der Waals surface area contributed by atoms with E-state index in [-0.39, 0.29) is 0 Å². The van der Waals surface area contributed by atoms with Gasteiger partial charge in [-0.2, -0.15) is 0 Å². The van der Waals surface area contributed by atoms with Crippen LogP contribution in [0.25, 0.3) is 11.4 Å². The van der Waals surface area contributed by atoms with Crippen molar-refractivity contribution >= 4 is 23.1 Å². The molecule has 1 N–H and O–H groups in total. The Morgan fingerprint density at radius 1 is 0.955 bits per heavy atom. The minimum absolute atomic E-state index is 0.398. The zero-order chi connectivity index (χ0) is 15.5. The van der Waals surface area contributed by atoms with Crippen LogP contribution in [0, 0.1) is 13.8 Å². The van der Waals surface area contributed by atoms with Crippen molar-refractivity contribution in [3.05, 3.63) is 65.1 Å². The van der Waals surface area contributed by atoms with Gasteiger partial charge in [-0.15, -0.1) is 0 Å². The molecule has 0 fully saturated rings. The van der Waals surface area contributed by atoms with Gasteiger partial charge in [-0.3, -0.25) is 4.98 Å². The highest BCUT2D eigenvalue weighted by atomic mass is 35.5. The van der Waals surface area contributed by atoms with Crippen LogP contribution in [0.5, 0.6) is 0 Å². The summed E-state index contributed by atoms with van der Waals surface area (Å²) in [7, 11) is 0. The third-order valence-corrected chi connectivity index (χ3v) is 3.48. The normalized spacial score (nSPS) is 10.5. The molecule has 22 heavy (non-hydrogen) atoms. The largest absolute Gasteiger partial charge is 0.340 e. The first kappa shape index (κ1) is 14.5. The Labute approximate surface area is 134 Å². The zero-order valence-electron chi connectivity index (χ0n) is 12.3. The van der Waals surface area contributed by atoms with Gasteiger partial charge in [-0.05, 0) is 43.2 Å². The number of nitrogens with one attached hydrogen (secondary N) is 1. The molecule has 0 amide bonds. The Hall–Kier alpha value is -2.46. The second-order valence-electron chi connectivity index (χ2n) is 5.08. The molecule has 2 aromatic heterocycles. The number of aryl methyl sites for hydroxylation is 2. The maximum absolute atomic E-state index is 6.13. The first-order chi connectivity index (χ1) is 10.6. The average molecular weight is 311 g/mol. The predicted octanol–water partition coefficient (Wildman–Crippen LogP) is 4.55. The van der Waals surface area contributed by atoms with E-state index in [2.05, 4.69) is 45.4 Å². The molecule has 0 aliphatic heterocycles. The summed E-state index contributed by atoms with van der Waals surface area (Å²) in [5.41, 5.74) is 4.21. The molecule has 0 bridgehead atoms. The number of pyridine rings is 1. The molecular weight excluding hydrogens is 296 g/mol. The maximum atomic E-state index is 6.13. The van der Waals surface area contributed by atoms with E-state index in [1.54, 1.807) is 18.5 Å². The number of benzene rings is 1. The molecule has 0 saturated carbocycles. The molecule has 0 spiro atoms. The van der Waals surface area contributed by atoms with Crippen LogP contribution in [0.2, 0.25) is 5.15 Å². The Kier molecular flexibility index (Phi) is 4.02. The first-order valence-corrected chi connectivity index (χ1v) is 7.29. The molecule has 0 aliphatic rings. The molecule has 0 atom stereocenters. The summed E-state index contributed by atoms with van der Waals surface area (Å²) in [5.74, 6) is 1.24. The average Bonchev–Trinajstić information content (AvgIpc) is 2.51. The SMILES string of the molecule is Cc1ccc(C)c(Nc2cc(Cl)nc(-c3ccncc3)n2)c1. The van der Waals surface area contributed by atoms with E-state index in [4.69, 9.17) is 11.6 Å². The van der Waals surface area contributed by atoms with Crippen LogP contribution in [-0.2, 0) is 0 Å². The standard InChI is InChI=1S/C17H15ClN4/c1-11-3-4-12(2)14(9-11)20-16-10-15(18)21-17(22-16)13-5-7-19-8-6-13/h3-10H,1-2H3,(H,20,21,22). The topological polar surface area (TPSA) is 50.7 Å². The molecule has 2 heterocycles. The molecule has 110 valence electrons. The van der Waals surface area contributed by atoms with Gasteiger partial charge in [0.2, 0.25) is 0 Å². The molecule has 1 aromatic carbocycles.